The van der Waals surface area contributed by atoms with Gasteiger partial charge >= 0.3 is 12.3 Å². The van der Waals surface area contributed by atoms with Crippen LogP contribution >= 0.6 is 11.3 Å². The van der Waals surface area contributed by atoms with Gasteiger partial charge in [-0.1, -0.05) is 28.6 Å². The number of rotatable bonds is 8. The lowest BCUT2D eigenvalue weighted by atomic mass is 10.00. The summed E-state index contributed by atoms with van der Waals surface area (Å²) < 4.78 is 56.5. The van der Waals surface area contributed by atoms with E-state index in [0.29, 0.717) is 17.0 Å². The summed E-state index contributed by atoms with van der Waals surface area (Å²) >= 11 is 1.51. The maximum atomic E-state index is 13.1. The van der Waals surface area contributed by atoms with Crippen molar-refractivity contribution < 1.29 is 37.1 Å². The van der Waals surface area contributed by atoms with E-state index in [2.05, 4.69) is 14.8 Å². The molecule has 0 radical (unpaired) electrons. The molecule has 2 bridgehead atoms. The highest BCUT2D eigenvalue weighted by Gasteiger charge is 2.43. The topological polar surface area (TPSA) is 97.9 Å². The van der Waals surface area contributed by atoms with Gasteiger partial charge in [0.25, 0.3) is 0 Å². The Morgan fingerprint density at radius 2 is 1.85 bits per heavy atom. The van der Waals surface area contributed by atoms with Crippen molar-refractivity contribution in [1.29, 1.82) is 0 Å². The Balaban J connectivity index is 1.09. The molecule has 8 nitrogen and oxygen atoms in total. The predicted octanol–water partition coefficient (Wildman–Crippen LogP) is 7.14. The van der Waals surface area contributed by atoms with E-state index in [1.807, 2.05) is 0 Å². The number of para-hydroxylation sites is 1. The average Bonchev–Trinajstić information content (AvgIpc) is 3.45. The summed E-state index contributed by atoms with van der Waals surface area (Å²) in [4.78, 5) is 18.5. The zero-order chi connectivity index (χ0) is 28.3. The number of ether oxygens (including phenoxy) is 2. The van der Waals surface area contributed by atoms with Crippen LogP contribution in [0.15, 0.2) is 47.0 Å². The van der Waals surface area contributed by atoms with Crippen molar-refractivity contribution in [2.75, 3.05) is 4.90 Å². The summed E-state index contributed by atoms with van der Waals surface area (Å²) in [6.45, 7) is 0.189. The number of carboxylic acids is 1. The molecule has 2 saturated heterocycles. The predicted molar refractivity (Wildman–Crippen MR) is 144 cm³/mol. The van der Waals surface area contributed by atoms with E-state index in [4.69, 9.17) is 14.2 Å². The van der Waals surface area contributed by atoms with Crippen LogP contribution in [0.5, 0.6) is 5.75 Å². The van der Waals surface area contributed by atoms with Crippen molar-refractivity contribution in [1.82, 2.24) is 10.1 Å². The third-order valence-corrected chi connectivity index (χ3v) is 9.16. The number of nitrogens with zero attached hydrogens (tertiary/aromatic N) is 3. The molecule has 1 N–H and O–H groups in total. The molecule has 1 aliphatic carbocycles. The van der Waals surface area contributed by atoms with Gasteiger partial charge in [-0.15, -0.1) is 13.2 Å². The quantitative estimate of drug-likeness (QED) is 0.233. The van der Waals surface area contributed by atoms with Crippen molar-refractivity contribution in [2.45, 2.75) is 75.6 Å². The van der Waals surface area contributed by atoms with Crippen molar-refractivity contribution in [3.63, 3.8) is 0 Å². The summed E-state index contributed by atoms with van der Waals surface area (Å²) in [5, 5.41) is 14.4. The minimum Gasteiger partial charge on any atom is -0.478 e. The van der Waals surface area contributed by atoms with E-state index in [1.54, 1.807) is 30.3 Å². The number of carbonyl (C=O) groups is 1. The maximum absolute atomic E-state index is 13.1. The van der Waals surface area contributed by atoms with E-state index in [-0.39, 0.29) is 47.6 Å². The fraction of sp³-hybridized carbons (Fsp3) is 0.414. The molecule has 7 rings (SSSR count). The monoisotopic (exact) mass is 585 g/mol. The normalized spacial score (nSPS) is 22.4. The van der Waals surface area contributed by atoms with Crippen molar-refractivity contribution in [3.05, 3.63) is 59.4 Å². The number of alkyl halides is 3. The first kappa shape index (κ1) is 26.3. The van der Waals surface area contributed by atoms with E-state index >= 15 is 0 Å². The van der Waals surface area contributed by atoms with Gasteiger partial charge in [-0.3, -0.25) is 0 Å². The first-order valence-electron chi connectivity index (χ1n) is 13.6. The standard InChI is InChI=1S/C29H26F3N3O5S/c30-29(31,32)39-23-4-2-1-3-20(23)25-21(26(40-34-25)15-5-6-15)14-38-19-12-17-8-9-18(13-19)35(17)28-33-22-10-7-16(27(36)37)11-24(22)41-28/h1-4,7,10-11,15,17-19H,5-6,8-9,12-14H2,(H,36,37)/t17-,18+,19+. The van der Waals surface area contributed by atoms with Crippen LogP contribution in [0.4, 0.5) is 18.3 Å². The molecule has 0 unspecified atom stereocenters. The number of carboxylic acid groups (broad SMARTS) is 1. The molecular formula is C29H26F3N3O5S. The molecule has 12 heteroatoms. The zero-order valence-corrected chi connectivity index (χ0v) is 22.6. The SMILES string of the molecule is O=C(O)c1ccc2nc(N3[C@@H]4CC[C@H]3C[C@@H](OCc3c(-c5ccccc5OC(F)(F)F)noc3C3CC3)C4)sc2c1. The third-order valence-electron chi connectivity index (χ3n) is 8.13. The largest absolute Gasteiger partial charge is 0.573 e. The lowest BCUT2D eigenvalue weighted by Crippen LogP contribution is -2.45. The van der Waals surface area contributed by atoms with E-state index in [9.17, 15) is 23.1 Å². The number of aromatic nitrogens is 2. The second-order valence-electron chi connectivity index (χ2n) is 10.9. The highest BCUT2D eigenvalue weighted by atomic mass is 32.1. The number of hydrogen-bond donors (Lipinski definition) is 1. The fourth-order valence-electron chi connectivity index (χ4n) is 6.15. The highest BCUT2D eigenvalue weighted by Crippen LogP contribution is 2.47. The first-order valence-corrected chi connectivity index (χ1v) is 14.4. The number of benzene rings is 2. The van der Waals surface area contributed by atoms with E-state index in [1.165, 1.54) is 23.5 Å². The second-order valence-corrected chi connectivity index (χ2v) is 11.9. The lowest BCUT2D eigenvalue weighted by molar-refractivity contribution is -0.274. The van der Waals surface area contributed by atoms with Crippen LogP contribution in [0.2, 0.25) is 0 Å². The highest BCUT2D eigenvalue weighted by molar-refractivity contribution is 7.22. The smallest absolute Gasteiger partial charge is 0.478 e. The number of fused-ring (bicyclic) bond motifs is 3. The Bertz CT molecular complexity index is 1600. The minimum absolute atomic E-state index is 0.0341. The Morgan fingerprint density at radius 1 is 1.10 bits per heavy atom. The summed E-state index contributed by atoms with van der Waals surface area (Å²) in [6.07, 6.45) is 0.629. The van der Waals surface area contributed by atoms with Crippen LogP contribution in [0, 0.1) is 0 Å². The summed E-state index contributed by atoms with van der Waals surface area (Å²) in [5.41, 5.74) is 2.25. The number of hydrogen-bond acceptors (Lipinski definition) is 8. The first-order chi connectivity index (χ1) is 19.7. The molecule has 4 aromatic rings. The molecule has 3 atom stereocenters. The van der Waals surface area contributed by atoms with Gasteiger partial charge in [0.05, 0.1) is 28.5 Å². The summed E-state index contributed by atoms with van der Waals surface area (Å²) in [5.74, 6) is -0.409. The van der Waals surface area contributed by atoms with Crippen molar-refractivity contribution >= 4 is 32.7 Å². The molecule has 2 aliphatic heterocycles. The van der Waals surface area contributed by atoms with Crippen LogP contribution in [-0.4, -0.2) is 45.8 Å². The average molecular weight is 586 g/mol. The maximum Gasteiger partial charge on any atom is 0.573 e. The second kappa shape index (κ2) is 10.0. The Hall–Kier alpha value is -3.64. The van der Waals surface area contributed by atoms with Gasteiger partial charge in [0, 0.05) is 29.1 Å². The molecule has 0 amide bonds. The van der Waals surface area contributed by atoms with Gasteiger partial charge in [-0.05, 0) is 68.9 Å². The molecule has 2 aromatic carbocycles. The molecular weight excluding hydrogens is 559 g/mol. The van der Waals surface area contributed by atoms with Gasteiger partial charge in [0.15, 0.2) is 5.13 Å². The van der Waals surface area contributed by atoms with Gasteiger partial charge in [-0.25, -0.2) is 9.78 Å². The fourth-order valence-corrected chi connectivity index (χ4v) is 7.30. The number of thiazole rings is 1. The summed E-state index contributed by atoms with van der Waals surface area (Å²) in [6, 6.07) is 11.4. The van der Waals surface area contributed by atoms with Crippen molar-refractivity contribution in [3.8, 4) is 17.0 Å². The Morgan fingerprint density at radius 3 is 2.56 bits per heavy atom. The van der Waals surface area contributed by atoms with Gasteiger partial charge < -0.3 is 24.0 Å². The molecule has 0 spiro atoms. The molecule has 3 aliphatic rings. The van der Waals surface area contributed by atoms with Crippen LogP contribution in [0.25, 0.3) is 21.5 Å². The zero-order valence-electron chi connectivity index (χ0n) is 21.8. The molecule has 214 valence electrons. The van der Waals surface area contributed by atoms with Crippen LogP contribution < -0.4 is 9.64 Å². The van der Waals surface area contributed by atoms with Gasteiger partial charge in [-0.2, -0.15) is 0 Å². The molecule has 4 heterocycles. The van der Waals surface area contributed by atoms with E-state index < -0.39 is 12.3 Å². The van der Waals surface area contributed by atoms with Crippen LogP contribution in [0.1, 0.15) is 66.1 Å². The Labute approximate surface area is 236 Å². The van der Waals surface area contributed by atoms with E-state index in [0.717, 1.165) is 53.9 Å². The van der Waals surface area contributed by atoms with Gasteiger partial charge in [0.2, 0.25) is 0 Å². The van der Waals surface area contributed by atoms with Crippen molar-refractivity contribution in [2.24, 2.45) is 0 Å². The molecule has 1 saturated carbocycles. The number of piperidine rings is 1. The summed E-state index contributed by atoms with van der Waals surface area (Å²) in [7, 11) is 0. The Kier molecular flexibility index (Phi) is 6.42. The number of halogens is 3. The number of anilines is 1. The van der Waals surface area contributed by atoms with Gasteiger partial charge in [0.1, 0.15) is 17.2 Å². The third kappa shape index (κ3) is 5.14. The molecule has 41 heavy (non-hydrogen) atoms. The molecule has 3 fully saturated rings. The van der Waals surface area contributed by atoms with Crippen LogP contribution in [-0.2, 0) is 11.3 Å². The van der Waals surface area contributed by atoms with Crippen LogP contribution in [0.3, 0.4) is 0 Å². The number of aromatic carboxylic acids is 1. The minimum atomic E-state index is -4.83. The molecule has 2 aromatic heterocycles. The lowest BCUT2D eigenvalue weighted by Gasteiger charge is -2.38.